The molecule has 0 spiro atoms. The second-order valence-electron chi connectivity index (χ2n) is 5.29. The van der Waals surface area contributed by atoms with E-state index in [4.69, 9.17) is 5.26 Å². The highest BCUT2D eigenvalue weighted by Gasteiger charge is 2.34. The molecule has 1 aromatic carbocycles. The molecular formula is C15H17FN2O2. The van der Waals surface area contributed by atoms with E-state index in [1.54, 1.807) is 6.07 Å². The number of rotatable bonds is 3. The van der Waals surface area contributed by atoms with E-state index in [2.05, 4.69) is 0 Å². The largest absolute Gasteiger partial charge is 0.480 e. The second kappa shape index (κ2) is 6.02. The molecule has 2 rings (SSSR count). The van der Waals surface area contributed by atoms with Crippen LogP contribution in [0.15, 0.2) is 18.2 Å². The van der Waals surface area contributed by atoms with Gasteiger partial charge in [-0.05, 0) is 43.0 Å². The summed E-state index contributed by atoms with van der Waals surface area (Å²) < 4.78 is 13.1. The zero-order chi connectivity index (χ0) is 14.7. The zero-order valence-corrected chi connectivity index (χ0v) is 11.3. The van der Waals surface area contributed by atoms with Crippen molar-refractivity contribution in [3.8, 4) is 6.07 Å². The fourth-order valence-electron chi connectivity index (χ4n) is 2.86. The number of hydrogen-bond acceptors (Lipinski definition) is 3. The molecule has 2 atom stereocenters. The average Bonchev–Trinajstić information content (AvgIpc) is 2.40. The van der Waals surface area contributed by atoms with Gasteiger partial charge in [0.2, 0.25) is 0 Å². The third-order valence-electron chi connectivity index (χ3n) is 3.86. The van der Waals surface area contributed by atoms with Gasteiger partial charge in [-0.3, -0.25) is 9.69 Å². The number of aliphatic carboxylic acids is 1. The molecule has 4 nitrogen and oxygen atoms in total. The summed E-state index contributed by atoms with van der Waals surface area (Å²) in [5.41, 5.74) is 0.946. The van der Waals surface area contributed by atoms with Gasteiger partial charge in [0, 0.05) is 6.54 Å². The van der Waals surface area contributed by atoms with Crippen molar-refractivity contribution >= 4 is 5.97 Å². The maximum Gasteiger partial charge on any atom is 0.321 e. The molecule has 1 heterocycles. The van der Waals surface area contributed by atoms with Crippen LogP contribution in [0.1, 0.15) is 30.9 Å². The SMILES string of the molecule is CC1CCCN(Cc2ccc(F)cc2C#N)C1C(=O)O. The van der Waals surface area contributed by atoms with E-state index in [1.807, 2.05) is 17.9 Å². The number of hydrogen-bond donors (Lipinski definition) is 1. The lowest BCUT2D eigenvalue weighted by Gasteiger charge is -2.37. The smallest absolute Gasteiger partial charge is 0.321 e. The highest BCUT2D eigenvalue weighted by Crippen LogP contribution is 2.26. The summed E-state index contributed by atoms with van der Waals surface area (Å²) in [5, 5.41) is 18.4. The van der Waals surface area contributed by atoms with Gasteiger partial charge < -0.3 is 5.11 Å². The van der Waals surface area contributed by atoms with Crippen molar-refractivity contribution in [3.05, 3.63) is 35.1 Å². The number of benzene rings is 1. The van der Waals surface area contributed by atoms with E-state index in [0.29, 0.717) is 18.7 Å². The van der Waals surface area contributed by atoms with Crippen LogP contribution < -0.4 is 0 Å². The minimum absolute atomic E-state index is 0.0761. The van der Waals surface area contributed by atoms with Crippen molar-refractivity contribution in [3.63, 3.8) is 0 Å². The topological polar surface area (TPSA) is 64.3 Å². The van der Waals surface area contributed by atoms with Crippen LogP contribution in [-0.2, 0) is 11.3 Å². The molecule has 20 heavy (non-hydrogen) atoms. The van der Waals surface area contributed by atoms with Crippen molar-refractivity contribution in [2.24, 2.45) is 5.92 Å². The highest BCUT2D eigenvalue weighted by atomic mass is 19.1. The Morgan fingerprint density at radius 3 is 3.00 bits per heavy atom. The third kappa shape index (κ3) is 2.97. The van der Waals surface area contributed by atoms with Crippen molar-refractivity contribution in [2.45, 2.75) is 32.4 Å². The van der Waals surface area contributed by atoms with Crippen molar-refractivity contribution in [1.82, 2.24) is 4.90 Å². The van der Waals surface area contributed by atoms with Crippen molar-refractivity contribution in [1.29, 1.82) is 5.26 Å². The third-order valence-corrected chi connectivity index (χ3v) is 3.86. The van der Waals surface area contributed by atoms with Gasteiger partial charge >= 0.3 is 5.97 Å². The van der Waals surface area contributed by atoms with Crippen LogP contribution in [0.5, 0.6) is 0 Å². The Hall–Kier alpha value is -1.93. The fraction of sp³-hybridized carbons (Fsp3) is 0.467. The average molecular weight is 276 g/mol. The first-order valence-electron chi connectivity index (χ1n) is 6.68. The van der Waals surface area contributed by atoms with Gasteiger partial charge in [0.15, 0.2) is 0 Å². The van der Waals surface area contributed by atoms with Crippen LogP contribution in [-0.4, -0.2) is 28.6 Å². The molecule has 5 heteroatoms. The number of nitrogens with zero attached hydrogens (tertiary/aromatic N) is 2. The number of piperidine rings is 1. The number of likely N-dealkylation sites (tertiary alicyclic amines) is 1. The maximum atomic E-state index is 13.1. The first kappa shape index (κ1) is 14.5. The molecule has 106 valence electrons. The molecular weight excluding hydrogens is 259 g/mol. The molecule has 0 aliphatic carbocycles. The second-order valence-corrected chi connectivity index (χ2v) is 5.29. The van der Waals surface area contributed by atoms with E-state index < -0.39 is 17.8 Å². The first-order chi connectivity index (χ1) is 9.52. The van der Waals surface area contributed by atoms with Crippen molar-refractivity contribution < 1.29 is 14.3 Å². The van der Waals surface area contributed by atoms with Gasteiger partial charge in [-0.25, -0.2) is 4.39 Å². The molecule has 1 N–H and O–H groups in total. The van der Waals surface area contributed by atoms with Crippen LogP contribution in [0, 0.1) is 23.1 Å². The Labute approximate surface area is 117 Å². The molecule has 1 saturated heterocycles. The van der Waals surface area contributed by atoms with Gasteiger partial charge in [-0.15, -0.1) is 0 Å². The van der Waals surface area contributed by atoms with E-state index in [1.165, 1.54) is 12.1 Å². The Morgan fingerprint density at radius 1 is 1.60 bits per heavy atom. The van der Waals surface area contributed by atoms with Gasteiger partial charge in [-0.2, -0.15) is 5.26 Å². The molecule has 0 bridgehead atoms. The normalized spacial score (nSPS) is 23.2. The molecule has 1 fully saturated rings. The van der Waals surface area contributed by atoms with Crippen LogP contribution in [0.2, 0.25) is 0 Å². The summed E-state index contributed by atoms with van der Waals surface area (Å²) in [6.45, 7) is 2.98. The van der Waals surface area contributed by atoms with Crippen LogP contribution in [0.25, 0.3) is 0 Å². The molecule has 0 radical (unpaired) electrons. The fourth-order valence-corrected chi connectivity index (χ4v) is 2.86. The molecule has 2 unspecified atom stereocenters. The predicted molar refractivity (Wildman–Crippen MR) is 71.3 cm³/mol. The van der Waals surface area contributed by atoms with Crippen molar-refractivity contribution in [2.75, 3.05) is 6.54 Å². The van der Waals surface area contributed by atoms with E-state index in [9.17, 15) is 14.3 Å². The summed E-state index contributed by atoms with van der Waals surface area (Å²) in [5.74, 6) is -1.21. The minimum atomic E-state index is -0.835. The highest BCUT2D eigenvalue weighted by molar-refractivity contribution is 5.74. The number of nitriles is 1. The Morgan fingerprint density at radius 2 is 2.35 bits per heavy atom. The van der Waals surface area contributed by atoms with Crippen LogP contribution in [0.4, 0.5) is 4.39 Å². The lowest BCUT2D eigenvalue weighted by molar-refractivity contribution is -0.147. The summed E-state index contributed by atoms with van der Waals surface area (Å²) in [6, 6.07) is 5.49. The Kier molecular flexibility index (Phi) is 4.35. The summed E-state index contributed by atoms with van der Waals surface area (Å²) in [7, 11) is 0. The number of carboxylic acids is 1. The summed E-state index contributed by atoms with van der Waals surface area (Å²) >= 11 is 0. The lowest BCUT2D eigenvalue weighted by atomic mass is 9.90. The quantitative estimate of drug-likeness (QED) is 0.920. The zero-order valence-electron chi connectivity index (χ0n) is 11.3. The molecule has 0 amide bonds. The minimum Gasteiger partial charge on any atom is -0.480 e. The molecule has 1 aliphatic heterocycles. The number of carboxylic acid groups (broad SMARTS) is 1. The molecule has 1 aliphatic rings. The van der Waals surface area contributed by atoms with E-state index in [0.717, 1.165) is 12.8 Å². The van der Waals surface area contributed by atoms with Gasteiger partial charge in [0.25, 0.3) is 0 Å². The van der Waals surface area contributed by atoms with Gasteiger partial charge in [0.05, 0.1) is 11.6 Å². The molecule has 0 saturated carbocycles. The number of halogens is 1. The predicted octanol–water partition coefficient (Wildman–Crippen LogP) is 2.38. The van der Waals surface area contributed by atoms with E-state index in [-0.39, 0.29) is 11.5 Å². The van der Waals surface area contributed by atoms with E-state index >= 15 is 0 Å². The van der Waals surface area contributed by atoms with Gasteiger partial charge in [0.1, 0.15) is 11.9 Å². The maximum absolute atomic E-state index is 13.1. The summed E-state index contributed by atoms with van der Waals surface area (Å²) in [4.78, 5) is 13.3. The van der Waals surface area contributed by atoms with Gasteiger partial charge in [-0.1, -0.05) is 13.0 Å². The van der Waals surface area contributed by atoms with Crippen LogP contribution >= 0.6 is 0 Å². The standard InChI is InChI=1S/C15H17FN2O2/c1-10-3-2-6-18(14(10)15(19)20)9-11-4-5-13(16)7-12(11)8-17/h4-5,7,10,14H,2-3,6,9H2,1H3,(H,19,20). The Balaban J connectivity index is 2.24. The lowest BCUT2D eigenvalue weighted by Crippen LogP contribution is -2.48. The monoisotopic (exact) mass is 276 g/mol. The Bertz CT molecular complexity index is 553. The summed E-state index contributed by atoms with van der Waals surface area (Å²) in [6.07, 6.45) is 1.83. The molecule has 0 aromatic heterocycles. The number of carbonyl (C=O) groups is 1. The van der Waals surface area contributed by atoms with Crippen LogP contribution in [0.3, 0.4) is 0 Å². The first-order valence-corrected chi connectivity index (χ1v) is 6.68. The molecule has 1 aromatic rings.